The topological polar surface area (TPSA) is 113 Å². The molecule has 0 saturated heterocycles. The van der Waals surface area contributed by atoms with Crippen LogP contribution in [0.3, 0.4) is 0 Å². The van der Waals surface area contributed by atoms with Gasteiger partial charge >= 0.3 is 5.97 Å². The highest BCUT2D eigenvalue weighted by Gasteiger charge is 2.25. The van der Waals surface area contributed by atoms with Crippen LogP contribution >= 0.6 is 0 Å². The van der Waals surface area contributed by atoms with Crippen molar-refractivity contribution in [2.75, 3.05) is 13.1 Å². The molecule has 0 rings (SSSR count). The van der Waals surface area contributed by atoms with Gasteiger partial charge < -0.3 is 21.3 Å². The van der Waals surface area contributed by atoms with Gasteiger partial charge in [0.25, 0.3) is 0 Å². The molecular weight excluding hydrogens is 224 g/mol. The molecule has 0 aromatic heterocycles. The quantitative estimate of drug-likeness (QED) is 0.470. The summed E-state index contributed by atoms with van der Waals surface area (Å²) < 4.78 is 0. The third-order valence-electron chi connectivity index (χ3n) is 2.46. The Morgan fingerprint density at radius 1 is 1.47 bits per heavy atom. The molecule has 0 heterocycles. The average Bonchev–Trinajstić information content (AvgIpc) is 2.20. The van der Waals surface area contributed by atoms with Gasteiger partial charge in [0.15, 0.2) is 0 Å². The molecule has 17 heavy (non-hydrogen) atoms. The van der Waals surface area contributed by atoms with Crippen LogP contribution < -0.4 is 11.1 Å². The van der Waals surface area contributed by atoms with Crippen LogP contribution in [0.25, 0.3) is 0 Å². The first kappa shape index (κ1) is 15.9. The number of aliphatic carboxylic acids is 1. The Hall–Kier alpha value is -1.14. The van der Waals surface area contributed by atoms with Crippen molar-refractivity contribution in [3.05, 3.63) is 0 Å². The number of hydrogen-bond acceptors (Lipinski definition) is 4. The van der Waals surface area contributed by atoms with E-state index in [0.717, 1.165) is 6.42 Å². The summed E-state index contributed by atoms with van der Waals surface area (Å²) in [6.45, 7) is 3.63. The summed E-state index contributed by atoms with van der Waals surface area (Å²) in [4.78, 5) is 22.0. The number of carboxylic acid groups (broad SMARTS) is 1. The first-order valence-corrected chi connectivity index (χ1v) is 5.70. The Balaban J connectivity index is 4.01. The SMILES string of the molecule is CC(CCCN)C(=O)NCC(C)(O)CC(=O)O. The number of carbonyl (C=O) groups is 2. The zero-order valence-corrected chi connectivity index (χ0v) is 10.4. The maximum atomic E-state index is 11.6. The smallest absolute Gasteiger partial charge is 0.306 e. The van der Waals surface area contributed by atoms with Crippen LogP contribution in [-0.4, -0.2) is 40.8 Å². The predicted octanol–water partition coefficient (Wildman–Crippen LogP) is -0.297. The maximum absolute atomic E-state index is 11.6. The second kappa shape index (κ2) is 7.24. The van der Waals surface area contributed by atoms with Gasteiger partial charge in [0.05, 0.1) is 12.0 Å². The van der Waals surface area contributed by atoms with Crippen molar-refractivity contribution < 1.29 is 19.8 Å². The van der Waals surface area contributed by atoms with Gasteiger partial charge in [-0.3, -0.25) is 9.59 Å². The molecule has 100 valence electrons. The van der Waals surface area contributed by atoms with Gasteiger partial charge in [-0.1, -0.05) is 6.92 Å². The van der Waals surface area contributed by atoms with Crippen molar-refractivity contribution in [3.63, 3.8) is 0 Å². The fourth-order valence-electron chi connectivity index (χ4n) is 1.40. The zero-order chi connectivity index (χ0) is 13.5. The van der Waals surface area contributed by atoms with Crippen LogP contribution in [0.5, 0.6) is 0 Å². The summed E-state index contributed by atoms with van der Waals surface area (Å²) in [5, 5.41) is 20.8. The minimum atomic E-state index is -1.42. The lowest BCUT2D eigenvalue weighted by atomic mass is 10.0. The Kier molecular flexibility index (Phi) is 6.75. The second-order valence-electron chi connectivity index (χ2n) is 4.62. The van der Waals surface area contributed by atoms with E-state index >= 15 is 0 Å². The molecule has 0 aromatic carbocycles. The molecule has 1 amide bonds. The van der Waals surface area contributed by atoms with E-state index in [1.807, 2.05) is 0 Å². The van der Waals surface area contributed by atoms with Gasteiger partial charge in [-0.25, -0.2) is 0 Å². The van der Waals surface area contributed by atoms with Gasteiger partial charge in [0.2, 0.25) is 5.91 Å². The Labute approximate surface area is 101 Å². The molecule has 0 aromatic rings. The lowest BCUT2D eigenvalue weighted by Crippen LogP contribution is -2.43. The van der Waals surface area contributed by atoms with E-state index in [9.17, 15) is 14.7 Å². The molecular formula is C11H22N2O4. The second-order valence-corrected chi connectivity index (χ2v) is 4.62. The van der Waals surface area contributed by atoms with E-state index in [-0.39, 0.29) is 18.4 Å². The van der Waals surface area contributed by atoms with E-state index in [4.69, 9.17) is 10.8 Å². The molecule has 6 nitrogen and oxygen atoms in total. The van der Waals surface area contributed by atoms with E-state index in [1.54, 1.807) is 6.92 Å². The molecule has 2 atom stereocenters. The summed E-state index contributed by atoms with van der Waals surface area (Å²) >= 11 is 0. The number of hydrogen-bond donors (Lipinski definition) is 4. The van der Waals surface area contributed by atoms with Gasteiger partial charge in [-0.15, -0.1) is 0 Å². The highest BCUT2D eigenvalue weighted by Crippen LogP contribution is 2.09. The lowest BCUT2D eigenvalue weighted by Gasteiger charge is -2.22. The van der Waals surface area contributed by atoms with Crippen LogP contribution in [-0.2, 0) is 9.59 Å². The summed E-state index contributed by atoms with van der Waals surface area (Å²) in [6.07, 6.45) is 1.05. The fraction of sp³-hybridized carbons (Fsp3) is 0.818. The Morgan fingerprint density at radius 3 is 2.53 bits per heavy atom. The largest absolute Gasteiger partial charge is 0.481 e. The first-order valence-electron chi connectivity index (χ1n) is 5.70. The molecule has 6 heteroatoms. The molecule has 0 radical (unpaired) electrons. The molecule has 0 fully saturated rings. The third-order valence-corrected chi connectivity index (χ3v) is 2.46. The number of carboxylic acids is 1. The predicted molar refractivity (Wildman–Crippen MR) is 63.3 cm³/mol. The number of amides is 1. The van der Waals surface area contributed by atoms with Crippen molar-refractivity contribution in [3.8, 4) is 0 Å². The molecule has 0 aliphatic heterocycles. The molecule has 0 bridgehead atoms. The summed E-state index contributed by atoms with van der Waals surface area (Å²) in [5.74, 6) is -1.47. The lowest BCUT2D eigenvalue weighted by molar-refractivity contribution is -0.142. The number of nitrogens with one attached hydrogen (secondary N) is 1. The van der Waals surface area contributed by atoms with Crippen LogP contribution in [0.4, 0.5) is 0 Å². The molecule has 2 unspecified atom stereocenters. The van der Waals surface area contributed by atoms with Crippen molar-refractivity contribution in [2.24, 2.45) is 11.7 Å². The number of carbonyl (C=O) groups excluding carboxylic acids is 1. The number of nitrogens with two attached hydrogens (primary N) is 1. The first-order chi connectivity index (χ1) is 7.78. The highest BCUT2D eigenvalue weighted by atomic mass is 16.4. The zero-order valence-electron chi connectivity index (χ0n) is 10.4. The van der Waals surface area contributed by atoms with Crippen molar-refractivity contribution in [2.45, 2.75) is 38.7 Å². The van der Waals surface area contributed by atoms with Gasteiger partial charge in [0.1, 0.15) is 0 Å². The van der Waals surface area contributed by atoms with Crippen LogP contribution in [0.15, 0.2) is 0 Å². The number of aliphatic hydroxyl groups is 1. The van der Waals surface area contributed by atoms with E-state index < -0.39 is 18.0 Å². The van der Waals surface area contributed by atoms with E-state index in [2.05, 4.69) is 5.32 Å². The minimum absolute atomic E-state index is 0.0644. The van der Waals surface area contributed by atoms with Crippen LogP contribution in [0, 0.1) is 5.92 Å². The Morgan fingerprint density at radius 2 is 2.06 bits per heavy atom. The van der Waals surface area contributed by atoms with Crippen molar-refractivity contribution in [1.29, 1.82) is 0 Å². The summed E-state index contributed by atoms with van der Waals surface area (Å²) in [6, 6.07) is 0. The summed E-state index contributed by atoms with van der Waals surface area (Å²) in [7, 11) is 0. The molecule has 0 aliphatic rings. The van der Waals surface area contributed by atoms with Crippen LogP contribution in [0.1, 0.15) is 33.1 Å². The average molecular weight is 246 g/mol. The molecule has 5 N–H and O–H groups in total. The normalized spacial score (nSPS) is 16.0. The molecule has 0 spiro atoms. The van der Waals surface area contributed by atoms with Crippen molar-refractivity contribution >= 4 is 11.9 Å². The van der Waals surface area contributed by atoms with E-state index in [0.29, 0.717) is 13.0 Å². The highest BCUT2D eigenvalue weighted by molar-refractivity contribution is 5.78. The monoisotopic (exact) mass is 246 g/mol. The standard InChI is InChI=1S/C11H22N2O4/c1-8(4-3-5-12)10(16)13-7-11(2,17)6-9(14)15/h8,17H,3-7,12H2,1-2H3,(H,13,16)(H,14,15). The van der Waals surface area contributed by atoms with Gasteiger partial charge in [-0.2, -0.15) is 0 Å². The minimum Gasteiger partial charge on any atom is -0.481 e. The van der Waals surface area contributed by atoms with E-state index in [1.165, 1.54) is 6.92 Å². The van der Waals surface area contributed by atoms with Gasteiger partial charge in [-0.05, 0) is 26.3 Å². The third kappa shape index (κ3) is 7.70. The van der Waals surface area contributed by atoms with Gasteiger partial charge in [0, 0.05) is 12.5 Å². The molecule has 0 aliphatic carbocycles. The fourth-order valence-corrected chi connectivity index (χ4v) is 1.40. The maximum Gasteiger partial charge on any atom is 0.306 e. The summed E-state index contributed by atoms with van der Waals surface area (Å²) in [5.41, 5.74) is 3.92. The Bertz CT molecular complexity index is 266. The van der Waals surface area contributed by atoms with Crippen LogP contribution in [0.2, 0.25) is 0 Å². The molecule has 0 saturated carbocycles. The number of rotatable bonds is 8. The van der Waals surface area contributed by atoms with Crippen molar-refractivity contribution in [1.82, 2.24) is 5.32 Å².